The van der Waals surface area contributed by atoms with Gasteiger partial charge in [0.25, 0.3) is 0 Å². The van der Waals surface area contributed by atoms with Gasteiger partial charge in [0.2, 0.25) is 0 Å². The number of hydrogen-bond acceptors (Lipinski definition) is 6. The van der Waals surface area contributed by atoms with Gasteiger partial charge in [-0.05, 0) is 55.4 Å². The first-order chi connectivity index (χ1) is 16.2. The minimum Gasteiger partial charge on any atom is -0.465 e. The van der Waals surface area contributed by atoms with Gasteiger partial charge < -0.3 is 24.1 Å². The predicted octanol–water partition coefficient (Wildman–Crippen LogP) is 4.28. The van der Waals surface area contributed by atoms with Crippen molar-refractivity contribution >= 4 is 23.3 Å². The quantitative estimate of drug-likeness (QED) is 0.429. The van der Waals surface area contributed by atoms with Crippen LogP contribution >= 0.6 is 12.2 Å². The van der Waals surface area contributed by atoms with Gasteiger partial charge in [0.15, 0.2) is 5.11 Å². The van der Waals surface area contributed by atoms with Crippen LogP contribution in [-0.2, 0) is 9.47 Å². The van der Waals surface area contributed by atoms with Gasteiger partial charge in [-0.1, -0.05) is 24.3 Å². The van der Waals surface area contributed by atoms with Gasteiger partial charge in [0.05, 0.1) is 30.5 Å². The van der Waals surface area contributed by atoms with Crippen LogP contribution < -0.4 is 5.32 Å². The molecule has 0 bridgehead atoms. The number of esters is 1. The summed E-state index contributed by atoms with van der Waals surface area (Å²) in [6, 6.07) is 16.6. The Kier molecular flexibility index (Phi) is 6.11. The molecule has 0 spiro atoms. The van der Waals surface area contributed by atoms with E-state index in [1.54, 1.807) is 18.3 Å². The van der Waals surface area contributed by atoms with Gasteiger partial charge >= 0.3 is 5.97 Å². The molecule has 33 heavy (non-hydrogen) atoms. The molecule has 1 N–H and O–H groups in total. The van der Waals surface area contributed by atoms with Crippen molar-refractivity contribution in [3.63, 3.8) is 0 Å². The number of furan rings is 1. The number of hydrogen-bond donors (Lipinski definition) is 1. The van der Waals surface area contributed by atoms with Crippen LogP contribution in [0.1, 0.15) is 46.7 Å². The van der Waals surface area contributed by atoms with E-state index < -0.39 is 5.97 Å². The van der Waals surface area contributed by atoms with E-state index in [0.717, 1.165) is 30.9 Å². The topological polar surface area (TPSA) is 76.8 Å². The molecule has 2 saturated heterocycles. The van der Waals surface area contributed by atoms with Crippen LogP contribution in [0.5, 0.6) is 0 Å². The Morgan fingerprint density at radius 1 is 1.21 bits per heavy atom. The number of ether oxygens (including phenoxy) is 2. The molecule has 0 amide bonds. The maximum Gasteiger partial charge on any atom is 0.338 e. The molecule has 2 aliphatic rings. The normalized spacial score (nSPS) is 22.4. The van der Waals surface area contributed by atoms with E-state index in [2.05, 4.69) is 15.2 Å². The fourth-order valence-electron chi connectivity index (χ4n) is 4.56. The summed E-state index contributed by atoms with van der Waals surface area (Å²) >= 11 is 5.73. The zero-order chi connectivity index (χ0) is 22.8. The van der Waals surface area contributed by atoms with E-state index in [9.17, 15) is 4.79 Å². The van der Waals surface area contributed by atoms with Gasteiger partial charge in [-0.2, -0.15) is 0 Å². The Labute approximate surface area is 197 Å². The zero-order valence-electron chi connectivity index (χ0n) is 18.3. The van der Waals surface area contributed by atoms with Gasteiger partial charge in [-0.3, -0.25) is 4.98 Å². The number of thiocarbonyl (C=S) groups is 1. The molecule has 170 valence electrons. The van der Waals surface area contributed by atoms with E-state index in [1.165, 1.54) is 7.11 Å². The van der Waals surface area contributed by atoms with Crippen molar-refractivity contribution in [2.24, 2.45) is 0 Å². The Hall–Kier alpha value is -3.23. The van der Waals surface area contributed by atoms with Crippen LogP contribution in [0.15, 0.2) is 65.2 Å². The summed E-state index contributed by atoms with van der Waals surface area (Å²) in [4.78, 5) is 19.0. The molecular formula is C25H25N3O4S. The molecule has 5 rings (SSSR count). The molecule has 3 aromatic rings. The van der Waals surface area contributed by atoms with Gasteiger partial charge in [-0.15, -0.1) is 0 Å². The summed E-state index contributed by atoms with van der Waals surface area (Å²) in [7, 11) is 1.37. The molecule has 0 saturated carbocycles. The monoisotopic (exact) mass is 463 g/mol. The second kappa shape index (κ2) is 9.33. The summed E-state index contributed by atoms with van der Waals surface area (Å²) in [6.07, 6.45) is 3.97. The summed E-state index contributed by atoms with van der Waals surface area (Å²) in [5.74, 6) is 0.935. The molecule has 2 fully saturated rings. The van der Waals surface area contributed by atoms with Crippen LogP contribution in [-0.4, -0.2) is 47.3 Å². The first-order valence-corrected chi connectivity index (χ1v) is 11.4. The average molecular weight is 464 g/mol. The maximum absolute atomic E-state index is 12.3. The Morgan fingerprint density at radius 2 is 2.06 bits per heavy atom. The van der Waals surface area contributed by atoms with Gasteiger partial charge in [0.1, 0.15) is 17.6 Å². The van der Waals surface area contributed by atoms with Crippen molar-refractivity contribution in [1.29, 1.82) is 0 Å². The first-order valence-electron chi connectivity index (χ1n) is 11.0. The van der Waals surface area contributed by atoms with E-state index in [4.69, 9.17) is 26.1 Å². The van der Waals surface area contributed by atoms with Crippen LogP contribution in [0, 0.1) is 0 Å². The molecule has 0 aliphatic carbocycles. The third-order valence-electron chi connectivity index (χ3n) is 6.14. The number of nitrogens with zero attached hydrogens (tertiary/aromatic N) is 2. The number of nitrogens with one attached hydrogen (secondary N) is 1. The Morgan fingerprint density at radius 3 is 2.82 bits per heavy atom. The van der Waals surface area contributed by atoms with E-state index in [-0.39, 0.29) is 18.2 Å². The van der Waals surface area contributed by atoms with Crippen molar-refractivity contribution in [2.45, 2.75) is 31.0 Å². The zero-order valence-corrected chi connectivity index (χ0v) is 19.1. The van der Waals surface area contributed by atoms with Crippen molar-refractivity contribution in [1.82, 2.24) is 15.2 Å². The second-order valence-electron chi connectivity index (χ2n) is 8.15. The number of aromatic nitrogens is 1. The number of rotatable bonds is 6. The number of benzene rings is 1. The lowest BCUT2D eigenvalue weighted by atomic mass is 10.0. The highest BCUT2D eigenvalue weighted by Crippen LogP contribution is 2.41. The smallest absolute Gasteiger partial charge is 0.338 e. The lowest BCUT2D eigenvalue weighted by Gasteiger charge is -2.28. The molecule has 8 heteroatoms. The third kappa shape index (κ3) is 4.24. The molecule has 2 aromatic heterocycles. The largest absolute Gasteiger partial charge is 0.465 e. The van der Waals surface area contributed by atoms with Crippen molar-refractivity contribution < 1.29 is 18.7 Å². The van der Waals surface area contributed by atoms with Crippen LogP contribution in [0.25, 0.3) is 11.3 Å². The van der Waals surface area contributed by atoms with Crippen molar-refractivity contribution in [2.75, 3.05) is 20.3 Å². The molecule has 0 radical (unpaired) electrons. The minimum atomic E-state index is -0.404. The van der Waals surface area contributed by atoms with E-state index in [1.807, 2.05) is 42.5 Å². The van der Waals surface area contributed by atoms with Gasteiger partial charge in [0, 0.05) is 24.9 Å². The minimum absolute atomic E-state index is 0.129. The highest BCUT2D eigenvalue weighted by Gasteiger charge is 2.43. The summed E-state index contributed by atoms with van der Waals surface area (Å²) in [5, 5.41) is 4.09. The van der Waals surface area contributed by atoms with E-state index >= 15 is 0 Å². The molecule has 2 aliphatic heterocycles. The molecule has 0 unspecified atom stereocenters. The standard InChI is InChI=1S/C25H25N3O4S/c1-30-24(29)18-9-3-2-8-17(18)20-11-12-21(32-20)23-22(19-10-4-5-13-26-19)27-25(33)28(23)15-16-7-6-14-31-16/h2-5,8-13,16,22-23H,6-7,14-15H2,1H3,(H,27,33)/t16-,22+,23-/m0/s1. The van der Waals surface area contributed by atoms with Crippen molar-refractivity contribution in [3.05, 3.63) is 77.8 Å². The SMILES string of the molecule is COC(=O)c1ccccc1-c1ccc([C@H]2[C@@H](c3ccccn3)NC(=S)N2C[C@@H]2CCCO2)o1. The van der Waals surface area contributed by atoms with Crippen LogP contribution in [0.3, 0.4) is 0 Å². The van der Waals surface area contributed by atoms with Crippen LogP contribution in [0.4, 0.5) is 0 Å². The molecule has 1 aromatic carbocycles. The highest BCUT2D eigenvalue weighted by atomic mass is 32.1. The molecular weight excluding hydrogens is 438 g/mol. The number of pyridine rings is 1. The highest BCUT2D eigenvalue weighted by molar-refractivity contribution is 7.80. The fraction of sp³-hybridized carbons (Fsp3) is 0.320. The third-order valence-corrected chi connectivity index (χ3v) is 6.49. The van der Waals surface area contributed by atoms with Gasteiger partial charge in [-0.25, -0.2) is 4.79 Å². The van der Waals surface area contributed by atoms with E-state index in [0.29, 0.717) is 28.5 Å². The molecule has 4 heterocycles. The van der Waals surface area contributed by atoms with Crippen LogP contribution in [0.2, 0.25) is 0 Å². The number of carbonyl (C=O) groups is 1. The Balaban J connectivity index is 1.52. The molecule has 7 nitrogen and oxygen atoms in total. The number of carbonyl (C=O) groups excluding carboxylic acids is 1. The summed E-state index contributed by atoms with van der Waals surface area (Å²) in [5.41, 5.74) is 2.02. The lowest BCUT2D eigenvalue weighted by Crippen LogP contribution is -2.36. The lowest BCUT2D eigenvalue weighted by molar-refractivity contribution is 0.0601. The summed E-state index contributed by atoms with van der Waals surface area (Å²) < 4.78 is 17.2. The fourth-order valence-corrected chi connectivity index (χ4v) is 4.88. The molecule has 3 atom stereocenters. The number of methoxy groups -OCH3 is 1. The van der Waals surface area contributed by atoms with Crippen molar-refractivity contribution in [3.8, 4) is 11.3 Å². The average Bonchev–Trinajstić information content (AvgIpc) is 3.61. The first kappa shape index (κ1) is 21.6. The second-order valence-corrected chi connectivity index (χ2v) is 8.54. The maximum atomic E-state index is 12.3. The Bertz CT molecular complexity index is 1140. The predicted molar refractivity (Wildman–Crippen MR) is 127 cm³/mol. The summed E-state index contributed by atoms with van der Waals surface area (Å²) in [6.45, 7) is 1.46.